The summed E-state index contributed by atoms with van der Waals surface area (Å²) < 4.78 is 1.94. The molecule has 0 aliphatic rings. The molecule has 0 fully saturated rings. The number of quaternary nitrogens is 1. The molecule has 0 aliphatic carbocycles. The van der Waals surface area contributed by atoms with Crippen molar-refractivity contribution in [2.45, 2.75) is 38.6 Å². The van der Waals surface area contributed by atoms with E-state index in [4.69, 9.17) is 23.6 Å². The fourth-order valence-corrected chi connectivity index (χ4v) is 1.28. The van der Waals surface area contributed by atoms with E-state index in [1.54, 1.807) is 0 Å². The summed E-state index contributed by atoms with van der Waals surface area (Å²) in [5.74, 6) is 0.274. The Hall–Kier alpha value is 0.170. The van der Waals surface area contributed by atoms with Crippen molar-refractivity contribution in [3.63, 3.8) is 0 Å². The minimum Gasteiger partial charge on any atom is -0.331 e. The Morgan fingerprint density at radius 3 is 2.06 bits per heavy atom. The van der Waals surface area contributed by atoms with Crippen LogP contribution in [0.3, 0.4) is 0 Å². The molecule has 0 aromatic rings. The third-order valence-corrected chi connectivity index (χ3v) is 3.45. The van der Waals surface area contributed by atoms with Gasteiger partial charge in [-0.25, -0.2) is 0 Å². The summed E-state index contributed by atoms with van der Waals surface area (Å²) in [4.78, 5) is 11.6. The van der Waals surface area contributed by atoms with Gasteiger partial charge in [0.25, 0.3) is 0 Å². The lowest BCUT2D eigenvalue weighted by Gasteiger charge is -2.27. The van der Waals surface area contributed by atoms with Crippen LogP contribution < -0.4 is 0 Å². The highest BCUT2D eigenvalue weighted by Gasteiger charge is 2.25. The summed E-state index contributed by atoms with van der Waals surface area (Å²) in [7, 11) is 6.24. The molecule has 3 nitrogen and oxygen atoms in total. The zero-order chi connectivity index (χ0) is 13.0. The van der Waals surface area contributed by atoms with E-state index in [2.05, 4.69) is 21.1 Å². The van der Waals surface area contributed by atoms with Gasteiger partial charge in [-0.1, -0.05) is 0 Å². The molecule has 0 heterocycles. The van der Waals surface area contributed by atoms with Crippen molar-refractivity contribution in [2.24, 2.45) is 0 Å². The number of halogens is 2. The van der Waals surface area contributed by atoms with Crippen LogP contribution in [0.4, 0.5) is 0 Å². The van der Waals surface area contributed by atoms with Crippen LogP contribution in [0.2, 0.25) is 0 Å². The molecule has 0 radical (unpaired) electrons. The van der Waals surface area contributed by atoms with Gasteiger partial charge in [0, 0.05) is 12.0 Å². The van der Waals surface area contributed by atoms with E-state index >= 15 is 0 Å². The molecule has 5 heteroatoms. The number of hydrogen-bond donors (Lipinski definition) is 0. The van der Waals surface area contributed by atoms with E-state index < -0.39 is 0 Å². The molecule has 0 rings (SSSR count). The fourth-order valence-electron chi connectivity index (χ4n) is 1.11. The second-order valence-corrected chi connectivity index (χ2v) is 6.70. The maximum absolute atomic E-state index is 11.6. The lowest BCUT2D eigenvalue weighted by Crippen LogP contribution is -2.37. The van der Waals surface area contributed by atoms with E-state index in [1.165, 1.54) is 0 Å². The molecular weight excluding hydrogens is 247 g/mol. The summed E-state index contributed by atoms with van der Waals surface area (Å²) in [6, 6.07) is 0. The average Bonchev–Trinajstić information content (AvgIpc) is 2.10. The van der Waals surface area contributed by atoms with Crippen LogP contribution in [-0.4, -0.2) is 47.4 Å². The first-order chi connectivity index (χ1) is 7.04. The summed E-state index contributed by atoms with van der Waals surface area (Å²) in [6.07, 6.45) is 1.82. The quantitative estimate of drug-likeness (QED) is 0.523. The number of hydrogen-bond acceptors (Lipinski definition) is 2. The van der Waals surface area contributed by atoms with Gasteiger partial charge in [0.15, 0.2) is 0 Å². The molecule has 0 spiro atoms. The Kier molecular flexibility index (Phi) is 6.26. The lowest BCUT2D eigenvalue weighted by atomic mass is 9.97. The van der Waals surface area contributed by atoms with E-state index in [1.807, 2.05) is 13.8 Å². The molecule has 0 saturated heterocycles. The van der Waals surface area contributed by atoms with Crippen molar-refractivity contribution in [2.75, 3.05) is 27.7 Å². The van der Waals surface area contributed by atoms with E-state index in [9.17, 15) is 4.79 Å². The van der Waals surface area contributed by atoms with Gasteiger partial charge in [0.05, 0.1) is 34.1 Å². The smallest absolute Gasteiger partial charge is 0.138 e. The molecule has 0 N–H and O–H groups in total. The molecule has 16 heavy (non-hydrogen) atoms. The lowest BCUT2D eigenvalue weighted by molar-refractivity contribution is -0.869. The Labute approximate surface area is 109 Å². The maximum Gasteiger partial charge on any atom is 0.138 e. The van der Waals surface area contributed by atoms with Gasteiger partial charge in [-0.2, -0.15) is 0 Å². The molecule has 0 saturated carbocycles. The van der Waals surface area contributed by atoms with Crippen LogP contribution in [0, 0.1) is 0 Å². The predicted octanol–water partition coefficient (Wildman–Crippen LogP) is 2.82. The van der Waals surface area contributed by atoms with Gasteiger partial charge < -0.3 is 4.48 Å². The van der Waals surface area contributed by atoms with Gasteiger partial charge >= 0.3 is 0 Å². The molecule has 96 valence electrons. The van der Waals surface area contributed by atoms with E-state index in [-0.39, 0.29) is 11.3 Å². The molecule has 0 aromatic heterocycles. The molecule has 0 unspecified atom stereocenters. The highest BCUT2D eigenvalue weighted by atomic mass is 35.5. The van der Waals surface area contributed by atoms with Crippen LogP contribution in [0.15, 0.2) is 0 Å². The zero-order valence-electron chi connectivity index (χ0n) is 10.9. The molecule has 0 amide bonds. The summed E-state index contributed by atoms with van der Waals surface area (Å²) in [5.41, 5.74) is -0.352. The predicted molar refractivity (Wildman–Crippen MR) is 69.4 cm³/mol. The second kappa shape index (κ2) is 6.20. The first-order valence-electron chi connectivity index (χ1n) is 5.48. The Morgan fingerprint density at radius 1 is 1.19 bits per heavy atom. The zero-order valence-corrected chi connectivity index (χ0v) is 12.4. The van der Waals surface area contributed by atoms with Gasteiger partial charge in [-0.3, -0.25) is 4.79 Å². The number of rotatable bonds is 7. The largest absolute Gasteiger partial charge is 0.331 e. The van der Waals surface area contributed by atoms with Crippen molar-refractivity contribution in [3.05, 3.63) is 0 Å². The molecule has 0 atom stereocenters. The molecular formula is C11H23Cl2N2O+. The van der Waals surface area contributed by atoms with Crippen molar-refractivity contribution >= 4 is 29.3 Å². The Balaban J connectivity index is 3.91. The maximum atomic E-state index is 11.6. The number of ketones is 1. The van der Waals surface area contributed by atoms with Crippen LogP contribution in [0.25, 0.3) is 0 Å². The second-order valence-electron chi connectivity index (χ2n) is 5.85. The van der Waals surface area contributed by atoms with E-state index in [0.29, 0.717) is 19.3 Å². The number of nitrogens with zero attached hydrogens (tertiary/aromatic N) is 2. The minimum atomic E-state index is -0.352. The molecule has 0 bridgehead atoms. The summed E-state index contributed by atoms with van der Waals surface area (Å²) in [6.45, 7) is 4.70. The monoisotopic (exact) mass is 269 g/mol. The first kappa shape index (κ1) is 16.2. The van der Waals surface area contributed by atoms with Crippen molar-refractivity contribution < 1.29 is 9.28 Å². The number of carbonyl (C=O) groups is 1. The van der Waals surface area contributed by atoms with Crippen molar-refractivity contribution in [3.8, 4) is 0 Å². The number of carbonyl (C=O) groups excluding carboxylic acids is 1. The third kappa shape index (κ3) is 7.44. The van der Waals surface area contributed by atoms with Crippen molar-refractivity contribution in [1.82, 2.24) is 3.94 Å². The standard InChI is InChI=1S/C11H23Cl2N2O/c1-11(2,14(12)13)8-6-10(16)7-9-15(3,4)5/h6-9H2,1-5H3/q+1. The highest BCUT2D eigenvalue weighted by Crippen LogP contribution is 2.25. The number of Topliss-reactive ketones (excluding diaryl/α,β-unsaturated/α-hetero) is 1. The normalized spacial score (nSPS) is 13.2. The minimum absolute atomic E-state index is 0.274. The van der Waals surface area contributed by atoms with Crippen molar-refractivity contribution in [1.29, 1.82) is 0 Å². The SMILES string of the molecule is CC(C)(CCC(=O)CC[N+](C)(C)C)N(Cl)Cl. The van der Waals surface area contributed by atoms with Crippen LogP contribution in [0.5, 0.6) is 0 Å². The molecule has 0 aromatic carbocycles. The highest BCUT2D eigenvalue weighted by molar-refractivity contribution is 6.34. The van der Waals surface area contributed by atoms with Gasteiger partial charge in [-0.15, -0.1) is 3.94 Å². The van der Waals surface area contributed by atoms with Gasteiger partial charge in [0.2, 0.25) is 0 Å². The topological polar surface area (TPSA) is 20.3 Å². The fraction of sp³-hybridized carbons (Fsp3) is 0.909. The van der Waals surface area contributed by atoms with E-state index in [0.717, 1.165) is 15.0 Å². The molecule has 0 aliphatic heterocycles. The third-order valence-electron chi connectivity index (χ3n) is 2.53. The van der Waals surface area contributed by atoms with Crippen LogP contribution in [0.1, 0.15) is 33.1 Å². The summed E-state index contributed by atoms with van der Waals surface area (Å²) in [5, 5.41) is 0. The average molecular weight is 270 g/mol. The summed E-state index contributed by atoms with van der Waals surface area (Å²) >= 11 is 11.4. The van der Waals surface area contributed by atoms with Crippen LogP contribution >= 0.6 is 23.6 Å². The van der Waals surface area contributed by atoms with Gasteiger partial charge in [-0.05, 0) is 43.8 Å². The Bertz CT molecular complexity index is 235. The van der Waals surface area contributed by atoms with Crippen LogP contribution in [-0.2, 0) is 4.79 Å². The Morgan fingerprint density at radius 2 is 1.69 bits per heavy atom. The first-order valence-corrected chi connectivity index (χ1v) is 6.16. The van der Waals surface area contributed by atoms with Gasteiger partial charge in [0.1, 0.15) is 5.78 Å².